The second-order valence-corrected chi connectivity index (χ2v) is 7.30. The third kappa shape index (κ3) is 5.24. The Hall–Kier alpha value is -2.51. The fraction of sp³-hybridized carbons (Fsp3) is 0.211. The van der Waals surface area contributed by atoms with E-state index in [9.17, 15) is 9.90 Å². The summed E-state index contributed by atoms with van der Waals surface area (Å²) in [6.45, 7) is 2.93. The van der Waals surface area contributed by atoms with Gasteiger partial charge in [0.2, 0.25) is 0 Å². The molecule has 0 radical (unpaired) electrons. The van der Waals surface area contributed by atoms with Crippen LogP contribution >= 0.6 is 23.4 Å². The van der Waals surface area contributed by atoms with Crippen molar-refractivity contribution in [3.63, 3.8) is 0 Å². The van der Waals surface area contributed by atoms with Gasteiger partial charge >= 0.3 is 0 Å². The maximum absolute atomic E-state index is 10.8. The molecule has 1 N–H and O–H groups in total. The first kappa shape index (κ1) is 19.3. The number of thioether (sulfide) groups is 1. The van der Waals surface area contributed by atoms with Crippen LogP contribution in [-0.4, -0.2) is 26.5 Å². The molecule has 1 aromatic heterocycles. The Labute approximate surface area is 166 Å². The average molecular weight is 402 g/mol. The van der Waals surface area contributed by atoms with E-state index in [4.69, 9.17) is 11.6 Å². The van der Waals surface area contributed by atoms with E-state index < -0.39 is 5.97 Å². The van der Waals surface area contributed by atoms with Gasteiger partial charge in [0.05, 0.1) is 19.1 Å². The lowest BCUT2D eigenvalue weighted by molar-refractivity contribution is -0.301. The molecule has 0 spiro atoms. The minimum Gasteiger partial charge on any atom is -0.549 e. The zero-order valence-electron chi connectivity index (χ0n) is 14.7. The lowest BCUT2D eigenvalue weighted by Crippen LogP contribution is -2.24. The molecule has 1 heterocycles. The van der Waals surface area contributed by atoms with Gasteiger partial charge in [-0.25, -0.2) is 0 Å². The maximum atomic E-state index is 10.8. The van der Waals surface area contributed by atoms with Gasteiger partial charge in [0, 0.05) is 16.5 Å². The fourth-order valence-corrected chi connectivity index (χ4v) is 3.34. The Bertz CT molecular complexity index is 931. The van der Waals surface area contributed by atoms with Crippen LogP contribution in [0.2, 0.25) is 5.02 Å². The van der Waals surface area contributed by atoms with E-state index in [-0.39, 0.29) is 5.75 Å². The summed E-state index contributed by atoms with van der Waals surface area (Å²) in [7, 11) is 0. The number of carboxylic acid groups (broad SMARTS) is 1. The van der Waals surface area contributed by atoms with Gasteiger partial charge in [-0.15, -0.1) is 10.2 Å². The molecule has 0 amide bonds. The van der Waals surface area contributed by atoms with Crippen LogP contribution in [0.3, 0.4) is 0 Å². The first-order valence-electron chi connectivity index (χ1n) is 8.31. The lowest BCUT2D eigenvalue weighted by Gasteiger charge is -2.12. The molecule has 8 heteroatoms. The Balaban J connectivity index is 1.80. The van der Waals surface area contributed by atoms with Crippen LogP contribution in [0.15, 0.2) is 53.7 Å². The third-order valence-corrected chi connectivity index (χ3v) is 5.27. The molecule has 6 nitrogen and oxygen atoms in total. The number of carbonyl (C=O) groups is 1. The summed E-state index contributed by atoms with van der Waals surface area (Å²) in [5.41, 5.74) is 2.96. The number of halogens is 1. The number of anilines is 1. The molecule has 0 aliphatic carbocycles. The molecule has 0 saturated heterocycles. The van der Waals surface area contributed by atoms with Gasteiger partial charge in [0.25, 0.3) is 0 Å². The Kier molecular flexibility index (Phi) is 6.36. The number of aliphatic carboxylic acids is 1. The maximum Gasteiger partial charge on any atom is 0.191 e. The van der Waals surface area contributed by atoms with E-state index in [1.165, 1.54) is 0 Å². The number of aromatic nitrogens is 3. The van der Waals surface area contributed by atoms with Crippen molar-refractivity contribution in [3.05, 3.63) is 70.5 Å². The largest absolute Gasteiger partial charge is 0.549 e. The summed E-state index contributed by atoms with van der Waals surface area (Å²) in [4.78, 5) is 10.8. The quantitative estimate of drug-likeness (QED) is 0.584. The molecule has 2 aromatic carbocycles. The molecule has 0 saturated carbocycles. The number of hydrogen-bond acceptors (Lipinski definition) is 6. The highest BCUT2D eigenvalue weighted by atomic mass is 35.5. The molecular weight excluding hydrogens is 384 g/mol. The van der Waals surface area contributed by atoms with Crippen LogP contribution in [-0.2, 0) is 17.9 Å². The summed E-state index contributed by atoms with van der Waals surface area (Å²) in [6, 6.07) is 15.6. The molecule has 0 aliphatic rings. The van der Waals surface area contributed by atoms with Gasteiger partial charge in [-0.1, -0.05) is 59.8 Å². The molecule has 3 aromatic rings. The molecule has 0 bridgehead atoms. The van der Waals surface area contributed by atoms with Crippen LogP contribution in [0.5, 0.6) is 0 Å². The predicted molar refractivity (Wildman–Crippen MR) is 105 cm³/mol. The van der Waals surface area contributed by atoms with Crippen molar-refractivity contribution < 1.29 is 9.90 Å². The van der Waals surface area contributed by atoms with Crippen LogP contribution in [0.25, 0.3) is 0 Å². The van der Waals surface area contributed by atoms with Gasteiger partial charge in [-0.05, 0) is 30.2 Å². The summed E-state index contributed by atoms with van der Waals surface area (Å²) < 4.78 is 1.91. The molecule has 27 heavy (non-hydrogen) atoms. The van der Waals surface area contributed by atoms with Crippen molar-refractivity contribution in [1.29, 1.82) is 0 Å². The summed E-state index contributed by atoms with van der Waals surface area (Å²) >= 11 is 7.27. The van der Waals surface area contributed by atoms with E-state index in [1.807, 2.05) is 60.0 Å². The molecule has 0 atom stereocenters. The number of rotatable bonds is 8. The second-order valence-electron chi connectivity index (χ2n) is 5.95. The van der Waals surface area contributed by atoms with Crippen molar-refractivity contribution in [2.45, 2.75) is 25.2 Å². The van der Waals surface area contributed by atoms with Crippen LogP contribution in [0, 0.1) is 6.92 Å². The van der Waals surface area contributed by atoms with E-state index >= 15 is 0 Å². The van der Waals surface area contributed by atoms with Gasteiger partial charge in [0.15, 0.2) is 11.0 Å². The van der Waals surface area contributed by atoms with Gasteiger partial charge in [0.1, 0.15) is 0 Å². The number of aryl methyl sites for hydroxylation is 1. The van der Waals surface area contributed by atoms with Crippen molar-refractivity contribution in [1.82, 2.24) is 14.8 Å². The zero-order valence-corrected chi connectivity index (χ0v) is 16.3. The van der Waals surface area contributed by atoms with E-state index in [2.05, 4.69) is 15.5 Å². The number of hydrogen-bond donors (Lipinski definition) is 1. The minimum atomic E-state index is -1.14. The molecular formula is C19H18ClN4O2S-. The highest BCUT2D eigenvalue weighted by Crippen LogP contribution is 2.22. The fourth-order valence-electron chi connectivity index (χ4n) is 2.49. The van der Waals surface area contributed by atoms with E-state index in [1.54, 1.807) is 0 Å². The third-order valence-electron chi connectivity index (χ3n) is 3.92. The molecule has 3 rings (SSSR count). The molecule has 0 aliphatic heterocycles. The smallest absolute Gasteiger partial charge is 0.191 e. The number of carbonyl (C=O) groups excluding carboxylic acids is 1. The normalized spacial score (nSPS) is 10.7. The first-order chi connectivity index (χ1) is 13.0. The molecule has 0 unspecified atom stereocenters. The highest BCUT2D eigenvalue weighted by molar-refractivity contribution is 7.99. The average Bonchev–Trinajstić information content (AvgIpc) is 3.03. The van der Waals surface area contributed by atoms with Crippen LogP contribution in [0.4, 0.5) is 5.69 Å². The Morgan fingerprint density at radius 2 is 2.00 bits per heavy atom. The van der Waals surface area contributed by atoms with Crippen molar-refractivity contribution >= 4 is 35.0 Å². The number of nitrogens with one attached hydrogen (secondary N) is 1. The lowest BCUT2D eigenvalue weighted by atomic mass is 10.2. The highest BCUT2D eigenvalue weighted by Gasteiger charge is 2.13. The van der Waals surface area contributed by atoms with E-state index in [0.29, 0.717) is 29.1 Å². The van der Waals surface area contributed by atoms with Crippen molar-refractivity contribution in [2.24, 2.45) is 0 Å². The van der Waals surface area contributed by atoms with Gasteiger partial charge in [-0.2, -0.15) is 0 Å². The van der Waals surface area contributed by atoms with Crippen molar-refractivity contribution in [3.8, 4) is 0 Å². The minimum absolute atomic E-state index is 0.173. The number of nitrogens with zero attached hydrogens (tertiary/aromatic N) is 3. The molecule has 0 fully saturated rings. The predicted octanol–water partition coefficient (Wildman–Crippen LogP) is 2.74. The monoisotopic (exact) mass is 401 g/mol. The van der Waals surface area contributed by atoms with Crippen molar-refractivity contribution in [2.75, 3.05) is 11.1 Å². The first-order valence-corrected chi connectivity index (χ1v) is 9.68. The van der Waals surface area contributed by atoms with E-state index in [0.717, 1.165) is 28.6 Å². The summed E-state index contributed by atoms with van der Waals surface area (Å²) in [6.07, 6.45) is 0. The van der Waals surface area contributed by atoms with Gasteiger partial charge in [-0.3, -0.25) is 0 Å². The second kappa shape index (κ2) is 8.92. The van der Waals surface area contributed by atoms with Crippen LogP contribution in [0.1, 0.15) is 17.0 Å². The topological polar surface area (TPSA) is 82.9 Å². The Morgan fingerprint density at radius 3 is 2.70 bits per heavy atom. The number of benzene rings is 2. The zero-order chi connectivity index (χ0) is 19.2. The molecule has 140 valence electrons. The summed E-state index contributed by atoms with van der Waals surface area (Å²) in [5.74, 6) is -0.604. The standard InChI is InChI=1S/C19H19ClN4O2S/c1-13-7-8-15(9-16(13)20)21-10-17-22-23-19(27-12-18(25)26)24(17)11-14-5-3-2-4-6-14/h2-9,21H,10-12H2,1H3,(H,25,26)/p-1. The summed E-state index contributed by atoms with van der Waals surface area (Å²) in [5, 5.41) is 23.7. The SMILES string of the molecule is Cc1ccc(NCc2nnc(SCC(=O)[O-])n2Cc2ccccc2)cc1Cl. The Morgan fingerprint density at radius 1 is 1.22 bits per heavy atom. The number of carboxylic acids is 1. The van der Waals surface area contributed by atoms with Gasteiger partial charge < -0.3 is 19.8 Å². The van der Waals surface area contributed by atoms with Crippen LogP contribution < -0.4 is 10.4 Å².